The van der Waals surface area contributed by atoms with Gasteiger partial charge < -0.3 is 0 Å². The van der Waals surface area contributed by atoms with E-state index in [4.69, 9.17) is 0 Å². The number of rotatable bonds is 6. The fourth-order valence-corrected chi connectivity index (χ4v) is 4.83. The van der Waals surface area contributed by atoms with E-state index < -0.39 is 0 Å². The predicted molar refractivity (Wildman–Crippen MR) is 126 cm³/mol. The van der Waals surface area contributed by atoms with Crippen LogP contribution in [0.25, 0.3) is 11.1 Å². The number of aryl methyl sites for hydroxylation is 3. The van der Waals surface area contributed by atoms with E-state index in [2.05, 4.69) is 88.4 Å². The summed E-state index contributed by atoms with van der Waals surface area (Å²) in [5, 5.41) is 0. The van der Waals surface area contributed by atoms with Crippen LogP contribution in [-0.2, 0) is 6.42 Å². The zero-order valence-electron chi connectivity index (χ0n) is 18.5. The highest BCUT2D eigenvalue weighted by Crippen LogP contribution is 2.43. The van der Waals surface area contributed by atoms with Gasteiger partial charge in [-0.05, 0) is 104 Å². The van der Waals surface area contributed by atoms with Gasteiger partial charge in [-0.2, -0.15) is 0 Å². The average molecular weight is 383 g/mol. The zero-order valence-corrected chi connectivity index (χ0v) is 18.5. The van der Waals surface area contributed by atoms with Gasteiger partial charge in [0.15, 0.2) is 0 Å². The first kappa shape index (κ1) is 20.0. The van der Waals surface area contributed by atoms with Gasteiger partial charge in [0, 0.05) is 0 Å². The summed E-state index contributed by atoms with van der Waals surface area (Å²) in [7, 11) is 0. The van der Waals surface area contributed by atoms with Crippen molar-refractivity contribution in [1.82, 2.24) is 0 Å². The molecule has 0 bridgehead atoms. The molecule has 2 aromatic rings. The van der Waals surface area contributed by atoms with Crippen LogP contribution in [0.4, 0.5) is 0 Å². The second-order valence-corrected chi connectivity index (χ2v) is 9.21. The number of hydrogen-bond donors (Lipinski definition) is 0. The Kier molecular flexibility index (Phi) is 5.90. The summed E-state index contributed by atoms with van der Waals surface area (Å²) in [6, 6.07) is 13.5. The fraction of sp³-hybridized carbons (Fsp3) is 0.379. The van der Waals surface area contributed by atoms with E-state index in [1.165, 1.54) is 51.8 Å². The number of benzene rings is 2. The predicted octanol–water partition coefficient (Wildman–Crippen LogP) is 8.07. The maximum absolute atomic E-state index is 2.50. The molecule has 1 fully saturated rings. The average Bonchev–Trinajstić information content (AvgIpc) is 3.43. The van der Waals surface area contributed by atoms with Crippen molar-refractivity contribution in [3.05, 3.63) is 94.1 Å². The van der Waals surface area contributed by atoms with Crippen molar-refractivity contribution in [1.29, 1.82) is 0 Å². The van der Waals surface area contributed by atoms with Crippen molar-refractivity contribution in [3.63, 3.8) is 0 Å². The van der Waals surface area contributed by atoms with E-state index in [0.29, 0.717) is 0 Å². The van der Waals surface area contributed by atoms with Gasteiger partial charge in [-0.25, -0.2) is 0 Å². The van der Waals surface area contributed by atoms with Crippen molar-refractivity contribution >= 4 is 0 Å². The molecule has 150 valence electrons. The van der Waals surface area contributed by atoms with E-state index >= 15 is 0 Å². The van der Waals surface area contributed by atoms with E-state index in [0.717, 1.165) is 31.1 Å². The summed E-state index contributed by atoms with van der Waals surface area (Å²) in [6.07, 6.45) is 15.5. The SMILES string of the molecule is Cc1cccc(C)c1-c1cccc(CCC2=CC(C[C@@H]3CC3C)=CC=CC2)c1C. The third-order valence-corrected chi connectivity index (χ3v) is 6.90. The monoisotopic (exact) mass is 382 g/mol. The Labute approximate surface area is 177 Å². The molecule has 29 heavy (non-hydrogen) atoms. The Morgan fingerprint density at radius 1 is 0.931 bits per heavy atom. The minimum Gasteiger partial charge on any atom is -0.0805 e. The van der Waals surface area contributed by atoms with Crippen molar-refractivity contribution in [2.24, 2.45) is 11.8 Å². The molecule has 1 saturated carbocycles. The normalized spacial score (nSPS) is 20.8. The van der Waals surface area contributed by atoms with Gasteiger partial charge in [0.2, 0.25) is 0 Å². The summed E-state index contributed by atoms with van der Waals surface area (Å²) < 4.78 is 0. The maximum Gasteiger partial charge on any atom is -0.0123 e. The van der Waals surface area contributed by atoms with Crippen molar-refractivity contribution in [2.75, 3.05) is 0 Å². The zero-order chi connectivity index (χ0) is 20.4. The summed E-state index contributed by atoms with van der Waals surface area (Å²) >= 11 is 0. The van der Waals surface area contributed by atoms with Crippen LogP contribution in [0.5, 0.6) is 0 Å². The van der Waals surface area contributed by atoms with Crippen LogP contribution in [0.15, 0.2) is 71.8 Å². The highest BCUT2D eigenvalue weighted by atomic mass is 14.4. The Bertz CT molecular complexity index is 963. The topological polar surface area (TPSA) is 0 Å². The van der Waals surface area contributed by atoms with Gasteiger partial charge in [-0.15, -0.1) is 0 Å². The molecule has 0 amide bonds. The van der Waals surface area contributed by atoms with Gasteiger partial charge in [0.25, 0.3) is 0 Å². The van der Waals surface area contributed by atoms with Gasteiger partial charge in [0.05, 0.1) is 0 Å². The molecular weight excluding hydrogens is 348 g/mol. The molecule has 2 aliphatic carbocycles. The van der Waals surface area contributed by atoms with E-state index in [-0.39, 0.29) is 0 Å². The van der Waals surface area contributed by atoms with Gasteiger partial charge >= 0.3 is 0 Å². The second kappa shape index (κ2) is 8.57. The number of allylic oxidation sites excluding steroid dienone is 6. The molecule has 0 heteroatoms. The van der Waals surface area contributed by atoms with Crippen LogP contribution in [0, 0.1) is 32.6 Å². The quantitative estimate of drug-likeness (QED) is 0.474. The van der Waals surface area contributed by atoms with Gasteiger partial charge in [0.1, 0.15) is 0 Å². The molecule has 0 spiro atoms. The molecule has 4 rings (SSSR count). The molecule has 0 N–H and O–H groups in total. The smallest absolute Gasteiger partial charge is 0.0123 e. The lowest BCUT2D eigenvalue weighted by molar-refractivity contribution is 0.748. The summed E-state index contributed by atoms with van der Waals surface area (Å²) in [5.41, 5.74) is 11.6. The van der Waals surface area contributed by atoms with Gasteiger partial charge in [-0.3, -0.25) is 0 Å². The van der Waals surface area contributed by atoms with Crippen LogP contribution in [0.3, 0.4) is 0 Å². The van der Waals surface area contributed by atoms with Gasteiger partial charge in [-0.1, -0.05) is 73.2 Å². The number of hydrogen-bond acceptors (Lipinski definition) is 0. The first-order valence-electron chi connectivity index (χ1n) is 11.2. The molecule has 1 unspecified atom stereocenters. The highest BCUT2D eigenvalue weighted by molar-refractivity contribution is 5.74. The molecule has 0 saturated heterocycles. The summed E-state index contributed by atoms with van der Waals surface area (Å²) in [4.78, 5) is 0. The van der Waals surface area contributed by atoms with Crippen LogP contribution < -0.4 is 0 Å². The molecule has 0 aromatic heterocycles. The minimum absolute atomic E-state index is 0.918. The second-order valence-electron chi connectivity index (χ2n) is 9.21. The van der Waals surface area contributed by atoms with Crippen molar-refractivity contribution in [2.45, 2.75) is 59.8 Å². The van der Waals surface area contributed by atoms with Crippen LogP contribution in [0.2, 0.25) is 0 Å². The van der Waals surface area contributed by atoms with E-state index in [1.807, 2.05) is 0 Å². The van der Waals surface area contributed by atoms with Crippen molar-refractivity contribution < 1.29 is 0 Å². The summed E-state index contributed by atoms with van der Waals surface area (Å²) in [5.74, 6) is 1.84. The summed E-state index contributed by atoms with van der Waals surface area (Å²) in [6.45, 7) is 9.14. The lowest BCUT2D eigenvalue weighted by Crippen LogP contribution is -1.97. The lowest BCUT2D eigenvalue weighted by Gasteiger charge is -2.16. The first-order chi connectivity index (χ1) is 14.0. The Morgan fingerprint density at radius 2 is 1.66 bits per heavy atom. The molecule has 2 aliphatic rings. The standard InChI is InChI=1S/C29H34/c1-20-9-7-10-21(2)29(20)28-14-8-13-26(23(28)4)16-15-24-11-5-6-12-25(18-24)19-27-17-22(27)3/h5-10,12-14,18,22,27H,11,15-17,19H2,1-4H3/t22?,27-/m0/s1. The molecule has 0 heterocycles. The molecular formula is C29H34. The lowest BCUT2D eigenvalue weighted by atomic mass is 9.89. The molecule has 0 nitrogen and oxygen atoms in total. The maximum atomic E-state index is 2.50. The Hall–Kier alpha value is -2.34. The Morgan fingerprint density at radius 3 is 2.38 bits per heavy atom. The van der Waals surface area contributed by atoms with E-state index in [9.17, 15) is 0 Å². The molecule has 0 radical (unpaired) electrons. The first-order valence-corrected chi connectivity index (χ1v) is 11.2. The molecule has 0 aliphatic heterocycles. The Balaban J connectivity index is 1.52. The third-order valence-electron chi connectivity index (χ3n) is 6.90. The largest absolute Gasteiger partial charge is 0.0805 e. The van der Waals surface area contributed by atoms with E-state index in [1.54, 1.807) is 5.57 Å². The van der Waals surface area contributed by atoms with Crippen LogP contribution in [0.1, 0.15) is 54.9 Å². The van der Waals surface area contributed by atoms with Crippen molar-refractivity contribution in [3.8, 4) is 11.1 Å². The molecule has 2 atom stereocenters. The minimum atomic E-state index is 0.918. The highest BCUT2D eigenvalue weighted by Gasteiger charge is 2.32. The fourth-order valence-electron chi connectivity index (χ4n) is 4.83. The van der Waals surface area contributed by atoms with Crippen LogP contribution in [-0.4, -0.2) is 0 Å². The van der Waals surface area contributed by atoms with Crippen LogP contribution >= 0.6 is 0 Å². The third kappa shape index (κ3) is 4.64. The molecule has 2 aromatic carbocycles.